The molecule has 0 aliphatic carbocycles. The molecule has 2 saturated heterocycles. The molecule has 0 bridgehead atoms. The Morgan fingerprint density at radius 3 is 2.24 bits per heavy atom. The fraction of sp³-hybridized carbons (Fsp3) is 0.591. The van der Waals surface area contributed by atoms with Crippen molar-refractivity contribution in [1.29, 1.82) is 0 Å². The Morgan fingerprint density at radius 1 is 1.07 bits per heavy atom. The molecular weight excluding hydrogens is 372 g/mol. The molecule has 1 atom stereocenters. The lowest BCUT2D eigenvalue weighted by Crippen LogP contribution is -2.54. The fourth-order valence-corrected chi connectivity index (χ4v) is 4.27. The highest BCUT2D eigenvalue weighted by Gasteiger charge is 2.46. The summed E-state index contributed by atoms with van der Waals surface area (Å²) in [5, 5.41) is 9.93. The second-order valence-electron chi connectivity index (χ2n) is 8.91. The van der Waals surface area contributed by atoms with Crippen LogP contribution in [-0.2, 0) is 19.7 Å². The van der Waals surface area contributed by atoms with Crippen molar-refractivity contribution in [3.05, 3.63) is 35.9 Å². The third-order valence-corrected chi connectivity index (χ3v) is 5.83. The van der Waals surface area contributed by atoms with Gasteiger partial charge in [0.1, 0.15) is 11.6 Å². The van der Waals surface area contributed by atoms with Crippen LogP contribution >= 0.6 is 0 Å². The SMILES string of the molecule is CC(C)(C)OC(=O)N1CCCC1C(=O)N1CCC(C(=O)O)(c2ccccc2)CC1. The van der Waals surface area contributed by atoms with Crippen molar-refractivity contribution in [2.75, 3.05) is 19.6 Å². The van der Waals surface area contributed by atoms with Gasteiger partial charge in [0.2, 0.25) is 5.91 Å². The van der Waals surface area contributed by atoms with E-state index in [1.807, 2.05) is 30.3 Å². The number of nitrogens with zero attached hydrogens (tertiary/aromatic N) is 2. The maximum Gasteiger partial charge on any atom is 0.410 e. The monoisotopic (exact) mass is 402 g/mol. The van der Waals surface area contributed by atoms with Crippen LogP contribution in [0.15, 0.2) is 30.3 Å². The lowest BCUT2D eigenvalue weighted by molar-refractivity contribution is -0.149. The summed E-state index contributed by atoms with van der Waals surface area (Å²) in [5.74, 6) is -0.965. The van der Waals surface area contributed by atoms with Gasteiger partial charge in [-0.15, -0.1) is 0 Å². The first-order valence-electron chi connectivity index (χ1n) is 10.2. The number of amides is 2. The van der Waals surface area contributed by atoms with Crippen molar-refractivity contribution in [3.63, 3.8) is 0 Å². The highest BCUT2D eigenvalue weighted by Crippen LogP contribution is 2.36. The Morgan fingerprint density at radius 2 is 1.69 bits per heavy atom. The zero-order valence-corrected chi connectivity index (χ0v) is 17.4. The molecule has 1 aromatic rings. The molecule has 1 aromatic carbocycles. The number of carbonyl (C=O) groups is 3. The summed E-state index contributed by atoms with van der Waals surface area (Å²) in [4.78, 5) is 41.0. The molecule has 0 spiro atoms. The molecule has 1 unspecified atom stereocenters. The number of aliphatic carboxylic acids is 1. The number of hydrogen-bond donors (Lipinski definition) is 1. The van der Waals surface area contributed by atoms with E-state index in [2.05, 4.69) is 0 Å². The lowest BCUT2D eigenvalue weighted by atomic mass is 9.72. The highest BCUT2D eigenvalue weighted by atomic mass is 16.6. The number of piperidine rings is 1. The Bertz CT molecular complexity index is 763. The van der Waals surface area contributed by atoms with Crippen LogP contribution in [0.25, 0.3) is 0 Å². The van der Waals surface area contributed by atoms with Gasteiger partial charge in [0.25, 0.3) is 0 Å². The second-order valence-corrected chi connectivity index (χ2v) is 8.91. The van der Waals surface area contributed by atoms with Gasteiger partial charge in [0.05, 0.1) is 5.41 Å². The van der Waals surface area contributed by atoms with Crippen molar-refractivity contribution >= 4 is 18.0 Å². The normalized spacial score (nSPS) is 21.7. The van der Waals surface area contributed by atoms with Gasteiger partial charge in [-0.1, -0.05) is 30.3 Å². The average molecular weight is 402 g/mol. The number of likely N-dealkylation sites (tertiary alicyclic amines) is 2. The van der Waals surface area contributed by atoms with Gasteiger partial charge < -0.3 is 14.7 Å². The molecule has 2 amide bonds. The minimum atomic E-state index is -0.974. The zero-order valence-electron chi connectivity index (χ0n) is 17.4. The first-order chi connectivity index (χ1) is 13.6. The topological polar surface area (TPSA) is 87.2 Å². The van der Waals surface area contributed by atoms with E-state index in [1.165, 1.54) is 4.90 Å². The number of carboxylic acid groups (broad SMARTS) is 1. The van der Waals surface area contributed by atoms with Gasteiger partial charge >= 0.3 is 12.1 Å². The highest BCUT2D eigenvalue weighted by molar-refractivity contribution is 5.87. The maximum absolute atomic E-state index is 13.1. The van der Waals surface area contributed by atoms with Crippen molar-refractivity contribution < 1.29 is 24.2 Å². The molecule has 29 heavy (non-hydrogen) atoms. The van der Waals surface area contributed by atoms with E-state index >= 15 is 0 Å². The van der Waals surface area contributed by atoms with Gasteiger partial charge in [0.15, 0.2) is 0 Å². The van der Waals surface area contributed by atoms with Gasteiger partial charge in [-0.2, -0.15) is 0 Å². The largest absolute Gasteiger partial charge is 0.481 e. The third kappa shape index (κ3) is 4.38. The molecule has 7 heteroatoms. The van der Waals surface area contributed by atoms with E-state index in [1.54, 1.807) is 25.7 Å². The Balaban J connectivity index is 1.69. The summed E-state index contributed by atoms with van der Waals surface area (Å²) >= 11 is 0. The molecule has 7 nitrogen and oxygen atoms in total. The van der Waals surface area contributed by atoms with E-state index in [9.17, 15) is 19.5 Å². The van der Waals surface area contributed by atoms with Crippen LogP contribution in [0.4, 0.5) is 4.79 Å². The Kier molecular flexibility index (Phi) is 5.87. The number of carbonyl (C=O) groups excluding carboxylic acids is 2. The number of rotatable bonds is 3. The zero-order chi connectivity index (χ0) is 21.2. The van der Waals surface area contributed by atoms with E-state index in [0.717, 1.165) is 12.0 Å². The van der Waals surface area contributed by atoms with Gasteiger partial charge in [-0.3, -0.25) is 14.5 Å². The summed E-state index contributed by atoms with van der Waals surface area (Å²) in [6, 6.07) is 8.70. The van der Waals surface area contributed by atoms with Crippen LogP contribution in [0.3, 0.4) is 0 Å². The second kappa shape index (κ2) is 8.05. The van der Waals surface area contributed by atoms with Crippen LogP contribution in [0, 0.1) is 0 Å². The molecule has 2 aliphatic heterocycles. The average Bonchev–Trinajstić information content (AvgIpc) is 3.17. The lowest BCUT2D eigenvalue weighted by Gasteiger charge is -2.40. The summed E-state index contributed by atoms with van der Waals surface area (Å²) in [6.45, 7) is 6.63. The van der Waals surface area contributed by atoms with Crippen LogP contribution < -0.4 is 0 Å². The summed E-state index contributed by atoms with van der Waals surface area (Å²) in [7, 11) is 0. The van der Waals surface area contributed by atoms with E-state index in [-0.39, 0.29) is 5.91 Å². The van der Waals surface area contributed by atoms with Gasteiger partial charge in [0, 0.05) is 19.6 Å². The van der Waals surface area contributed by atoms with Gasteiger partial charge in [-0.25, -0.2) is 4.79 Å². The summed E-state index contributed by atoms with van der Waals surface area (Å²) < 4.78 is 5.45. The fourth-order valence-electron chi connectivity index (χ4n) is 4.27. The predicted octanol–water partition coefficient (Wildman–Crippen LogP) is 3.03. The molecule has 0 saturated carbocycles. The molecule has 158 valence electrons. The van der Waals surface area contributed by atoms with Crippen LogP contribution in [0.2, 0.25) is 0 Å². The Labute approximate surface area is 171 Å². The predicted molar refractivity (Wildman–Crippen MR) is 108 cm³/mol. The van der Waals surface area contributed by atoms with Crippen molar-refractivity contribution in [1.82, 2.24) is 9.80 Å². The smallest absolute Gasteiger partial charge is 0.410 e. The Hall–Kier alpha value is -2.57. The quantitative estimate of drug-likeness (QED) is 0.840. The standard InChI is InChI=1S/C22H30N2O5/c1-21(2,3)29-20(28)24-13-7-10-17(24)18(25)23-14-11-22(12-15-23,19(26)27)16-8-5-4-6-9-16/h4-6,8-9,17H,7,10-15H2,1-3H3,(H,26,27). The molecule has 1 N–H and O–H groups in total. The van der Waals surface area contributed by atoms with Crippen LogP contribution in [0.1, 0.15) is 52.0 Å². The minimum Gasteiger partial charge on any atom is -0.481 e. The van der Waals surface area contributed by atoms with Crippen LogP contribution in [-0.4, -0.2) is 64.2 Å². The van der Waals surface area contributed by atoms with Crippen LogP contribution in [0.5, 0.6) is 0 Å². The van der Waals surface area contributed by atoms with Crippen molar-refractivity contribution in [3.8, 4) is 0 Å². The number of benzene rings is 1. The molecule has 2 fully saturated rings. The van der Waals surface area contributed by atoms with E-state index in [4.69, 9.17) is 4.74 Å². The third-order valence-electron chi connectivity index (χ3n) is 5.83. The summed E-state index contributed by atoms with van der Waals surface area (Å²) in [5.41, 5.74) is -0.816. The first-order valence-corrected chi connectivity index (χ1v) is 10.2. The molecule has 2 heterocycles. The molecule has 3 rings (SSSR count). The minimum absolute atomic E-state index is 0.111. The molecule has 2 aliphatic rings. The van der Waals surface area contributed by atoms with Crippen molar-refractivity contribution in [2.24, 2.45) is 0 Å². The van der Waals surface area contributed by atoms with E-state index in [0.29, 0.717) is 38.9 Å². The van der Waals surface area contributed by atoms with E-state index < -0.39 is 29.1 Å². The van der Waals surface area contributed by atoms with Crippen molar-refractivity contribution in [2.45, 2.75) is 63.5 Å². The summed E-state index contributed by atoms with van der Waals surface area (Å²) in [6.07, 6.45) is 1.62. The number of ether oxygens (including phenoxy) is 1. The maximum atomic E-state index is 13.1. The molecular formula is C22H30N2O5. The number of hydrogen-bond acceptors (Lipinski definition) is 4. The molecule has 0 radical (unpaired) electrons. The van der Waals surface area contributed by atoms with Gasteiger partial charge in [-0.05, 0) is 52.0 Å². The first kappa shape index (κ1) is 21.1. The number of carboxylic acids is 1. The molecule has 0 aromatic heterocycles.